The third-order valence-corrected chi connectivity index (χ3v) is 6.48. The van der Waals surface area contributed by atoms with E-state index in [-0.39, 0.29) is 11.3 Å². The Labute approximate surface area is 135 Å². The lowest BCUT2D eigenvalue weighted by Crippen LogP contribution is -2.56. The number of hydrogen-bond acceptors (Lipinski definition) is 2. The molecule has 2 rings (SSSR count). The summed E-state index contributed by atoms with van der Waals surface area (Å²) in [5.74, 6) is 0.798. The molecule has 2 aliphatic carbocycles. The fourth-order valence-electron chi connectivity index (χ4n) is 5.40. The van der Waals surface area contributed by atoms with E-state index in [1.165, 1.54) is 19.3 Å². The number of allylic oxidation sites excluding steroid dienone is 3. The van der Waals surface area contributed by atoms with Gasteiger partial charge >= 0.3 is 0 Å². The standard InChI is InChI=1S/C20H32O2/c1-15(10-14-21)7-8-17-19(4)12-6-11-18(2,3)16(19)9-13-20(17,5)22/h7-8,10,14,16-17,22H,6,9,11-13H2,1-5H3. The molecule has 0 radical (unpaired) electrons. The van der Waals surface area contributed by atoms with E-state index in [0.717, 1.165) is 24.7 Å². The van der Waals surface area contributed by atoms with Gasteiger partial charge in [0.25, 0.3) is 0 Å². The van der Waals surface area contributed by atoms with Crippen LogP contribution in [0.2, 0.25) is 0 Å². The largest absolute Gasteiger partial charge is 0.390 e. The van der Waals surface area contributed by atoms with Gasteiger partial charge in [0.15, 0.2) is 0 Å². The Morgan fingerprint density at radius 3 is 2.45 bits per heavy atom. The summed E-state index contributed by atoms with van der Waals surface area (Å²) in [5.41, 5.74) is 0.785. The molecule has 0 aliphatic heterocycles. The van der Waals surface area contributed by atoms with Crippen LogP contribution in [0.3, 0.4) is 0 Å². The van der Waals surface area contributed by atoms with E-state index < -0.39 is 5.60 Å². The first-order valence-electron chi connectivity index (χ1n) is 8.66. The van der Waals surface area contributed by atoms with Crippen LogP contribution in [0.25, 0.3) is 0 Å². The van der Waals surface area contributed by atoms with Gasteiger partial charge in [-0.3, -0.25) is 4.79 Å². The van der Waals surface area contributed by atoms with E-state index in [0.29, 0.717) is 11.3 Å². The molecule has 0 heterocycles. The Hall–Kier alpha value is -0.890. The molecule has 0 aromatic rings. The second kappa shape index (κ2) is 5.96. The molecule has 2 fully saturated rings. The zero-order chi connectivity index (χ0) is 16.6. The van der Waals surface area contributed by atoms with Crippen LogP contribution in [-0.2, 0) is 4.79 Å². The monoisotopic (exact) mass is 304 g/mol. The summed E-state index contributed by atoms with van der Waals surface area (Å²) in [6, 6.07) is 0. The van der Waals surface area contributed by atoms with E-state index >= 15 is 0 Å². The van der Waals surface area contributed by atoms with E-state index in [4.69, 9.17) is 0 Å². The van der Waals surface area contributed by atoms with Gasteiger partial charge in [-0.15, -0.1) is 0 Å². The molecule has 0 amide bonds. The maximum atomic E-state index is 11.0. The van der Waals surface area contributed by atoms with Crippen LogP contribution in [-0.4, -0.2) is 17.0 Å². The van der Waals surface area contributed by atoms with Crippen molar-refractivity contribution in [2.75, 3.05) is 0 Å². The van der Waals surface area contributed by atoms with Crippen LogP contribution in [0.4, 0.5) is 0 Å². The second-order valence-electron chi connectivity index (χ2n) is 8.68. The van der Waals surface area contributed by atoms with Crippen LogP contribution in [0.1, 0.15) is 66.7 Å². The van der Waals surface area contributed by atoms with Crippen molar-refractivity contribution in [3.8, 4) is 0 Å². The first-order chi connectivity index (χ1) is 10.1. The fraction of sp³-hybridized carbons (Fsp3) is 0.750. The molecule has 2 aliphatic rings. The van der Waals surface area contributed by atoms with E-state index in [1.807, 2.05) is 19.9 Å². The van der Waals surface area contributed by atoms with Gasteiger partial charge in [-0.25, -0.2) is 0 Å². The first kappa shape index (κ1) is 17.5. The number of hydrogen-bond donors (Lipinski definition) is 1. The molecule has 124 valence electrons. The quantitative estimate of drug-likeness (QED) is 0.467. The highest BCUT2D eigenvalue weighted by Gasteiger charge is 2.57. The molecule has 2 heteroatoms. The summed E-state index contributed by atoms with van der Waals surface area (Å²) in [6.45, 7) is 11.1. The Kier molecular flexibility index (Phi) is 4.73. The minimum absolute atomic E-state index is 0.140. The lowest BCUT2D eigenvalue weighted by molar-refractivity contribution is -0.149. The SMILES string of the molecule is CC(C=CC1C(C)(O)CCC2C(C)(C)CCCC21C)=CC=O. The zero-order valence-electron chi connectivity index (χ0n) is 14.9. The van der Waals surface area contributed by atoms with Gasteiger partial charge in [0, 0.05) is 5.92 Å². The number of carbonyl (C=O) groups is 1. The van der Waals surface area contributed by atoms with Crippen LogP contribution < -0.4 is 0 Å². The third kappa shape index (κ3) is 3.08. The molecule has 0 spiro atoms. The molecule has 22 heavy (non-hydrogen) atoms. The molecular weight excluding hydrogens is 272 g/mol. The summed E-state index contributed by atoms with van der Waals surface area (Å²) in [6.07, 6.45) is 12.3. The summed E-state index contributed by atoms with van der Waals surface area (Å²) >= 11 is 0. The van der Waals surface area contributed by atoms with Gasteiger partial charge < -0.3 is 5.11 Å². The second-order valence-corrected chi connectivity index (χ2v) is 8.68. The summed E-state index contributed by atoms with van der Waals surface area (Å²) in [4.78, 5) is 10.6. The van der Waals surface area contributed by atoms with E-state index in [9.17, 15) is 9.90 Å². The molecule has 2 nitrogen and oxygen atoms in total. The molecule has 0 saturated heterocycles. The highest BCUT2D eigenvalue weighted by Crippen LogP contribution is 2.62. The minimum Gasteiger partial charge on any atom is -0.390 e. The van der Waals surface area contributed by atoms with Crippen LogP contribution >= 0.6 is 0 Å². The lowest BCUT2D eigenvalue weighted by atomic mass is 9.45. The molecule has 0 aromatic heterocycles. The molecule has 2 saturated carbocycles. The Balaban J connectivity index is 2.38. The molecule has 4 atom stereocenters. The summed E-state index contributed by atoms with van der Waals surface area (Å²) < 4.78 is 0. The smallest absolute Gasteiger partial charge is 0.143 e. The van der Waals surface area contributed by atoms with Gasteiger partial charge in [-0.2, -0.15) is 0 Å². The van der Waals surface area contributed by atoms with Gasteiger partial charge in [-0.1, -0.05) is 39.3 Å². The highest BCUT2D eigenvalue weighted by atomic mass is 16.3. The van der Waals surface area contributed by atoms with Crippen molar-refractivity contribution in [3.05, 3.63) is 23.8 Å². The average molecular weight is 304 g/mol. The van der Waals surface area contributed by atoms with Crippen molar-refractivity contribution in [1.82, 2.24) is 0 Å². The Morgan fingerprint density at radius 1 is 1.14 bits per heavy atom. The zero-order valence-corrected chi connectivity index (χ0v) is 14.9. The van der Waals surface area contributed by atoms with Gasteiger partial charge in [0.2, 0.25) is 0 Å². The Morgan fingerprint density at radius 2 is 1.82 bits per heavy atom. The fourth-order valence-corrected chi connectivity index (χ4v) is 5.40. The van der Waals surface area contributed by atoms with Crippen molar-refractivity contribution in [1.29, 1.82) is 0 Å². The van der Waals surface area contributed by atoms with Gasteiger partial charge in [0.1, 0.15) is 6.29 Å². The number of fused-ring (bicyclic) bond motifs is 1. The first-order valence-corrected chi connectivity index (χ1v) is 8.66. The molecule has 0 bridgehead atoms. The van der Waals surface area contributed by atoms with Crippen molar-refractivity contribution in [2.24, 2.45) is 22.7 Å². The average Bonchev–Trinajstić information content (AvgIpc) is 2.36. The maximum Gasteiger partial charge on any atom is 0.143 e. The van der Waals surface area contributed by atoms with Crippen molar-refractivity contribution < 1.29 is 9.90 Å². The van der Waals surface area contributed by atoms with E-state index in [2.05, 4.69) is 26.8 Å². The molecule has 1 N–H and O–H groups in total. The van der Waals surface area contributed by atoms with Crippen molar-refractivity contribution in [2.45, 2.75) is 72.3 Å². The number of carbonyl (C=O) groups excluding carboxylic acids is 1. The predicted molar refractivity (Wildman–Crippen MR) is 91.5 cm³/mol. The number of aldehydes is 1. The number of rotatable bonds is 3. The van der Waals surface area contributed by atoms with Gasteiger partial charge in [0.05, 0.1) is 5.60 Å². The van der Waals surface area contributed by atoms with Gasteiger partial charge in [-0.05, 0) is 67.9 Å². The normalized spacial score (nSPS) is 42.2. The number of aliphatic hydroxyl groups is 1. The molecule has 4 unspecified atom stereocenters. The van der Waals surface area contributed by atoms with Crippen LogP contribution in [0.15, 0.2) is 23.8 Å². The minimum atomic E-state index is -0.656. The molecule has 0 aromatic carbocycles. The predicted octanol–water partition coefficient (Wildman–Crippen LogP) is 4.68. The molecular formula is C20H32O2. The van der Waals surface area contributed by atoms with Crippen molar-refractivity contribution >= 4 is 6.29 Å². The maximum absolute atomic E-state index is 11.0. The summed E-state index contributed by atoms with van der Waals surface area (Å²) in [5, 5.41) is 11.0. The summed E-state index contributed by atoms with van der Waals surface area (Å²) in [7, 11) is 0. The van der Waals surface area contributed by atoms with E-state index in [1.54, 1.807) is 6.08 Å². The lowest BCUT2D eigenvalue weighted by Gasteiger charge is -2.60. The third-order valence-electron chi connectivity index (χ3n) is 6.48. The van der Waals surface area contributed by atoms with Crippen molar-refractivity contribution in [3.63, 3.8) is 0 Å². The topological polar surface area (TPSA) is 37.3 Å². The highest BCUT2D eigenvalue weighted by molar-refractivity contribution is 5.66. The Bertz CT molecular complexity index is 484. The van der Waals surface area contributed by atoms with Crippen LogP contribution in [0.5, 0.6) is 0 Å². The van der Waals surface area contributed by atoms with Crippen LogP contribution in [0, 0.1) is 22.7 Å².